The highest BCUT2D eigenvalue weighted by Gasteiger charge is 2.15. The zero-order valence-corrected chi connectivity index (χ0v) is 17.1. The average Bonchev–Trinajstić information content (AvgIpc) is 3.30. The molecule has 0 amide bonds. The number of para-hydroxylation sites is 2. The van der Waals surface area contributed by atoms with Gasteiger partial charge in [-0.3, -0.25) is 0 Å². The number of imidazole rings is 2. The Morgan fingerprint density at radius 1 is 0.774 bits per heavy atom. The predicted molar refractivity (Wildman–Crippen MR) is 115 cm³/mol. The van der Waals surface area contributed by atoms with E-state index in [9.17, 15) is 9.59 Å². The van der Waals surface area contributed by atoms with E-state index in [4.69, 9.17) is 19.0 Å². The standard InChI is InChI=1S/C21H24N4O6/c1-28-8-9-29-10-11-30-12-13-31-25-17-7-3-5-15(19(17)24-21(25)27)14-4-2-6-16-18(14)23-20(26)22-16/h2-7H,8-13H2,1H3,(H,24,27)(H2,22,23,26). The third kappa shape index (κ3) is 4.55. The highest BCUT2D eigenvalue weighted by atomic mass is 16.7. The van der Waals surface area contributed by atoms with Crippen molar-refractivity contribution in [3.63, 3.8) is 0 Å². The first kappa shape index (κ1) is 20.9. The molecule has 0 radical (unpaired) electrons. The lowest BCUT2D eigenvalue weighted by atomic mass is 10.0. The Morgan fingerprint density at radius 2 is 1.45 bits per heavy atom. The summed E-state index contributed by atoms with van der Waals surface area (Å²) in [7, 11) is 1.62. The number of fused-ring (bicyclic) bond motifs is 2. The lowest BCUT2D eigenvalue weighted by Crippen LogP contribution is -2.27. The maximum atomic E-state index is 12.5. The van der Waals surface area contributed by atoms with Gasteiger partial charge in [0.05, 0.1) is 49.6 Å². The van der Waals surface area contributed by atoms with Crippen molar-refractivity contribution >= 4 is 22.1 Å². The van der Waals surface area contributed by atoms with Gasteiger partial charge in [-0.2, -0.15) is 0 Å². The molecule has 4 aromatic rings. The molecule has 0 aliphatic carbocycles. The number of hydrogen-bond acceptors (Lipinski definition) is 6. The second-order valence-electron chi connectivity index (χ2n) is 6.78. The van der Waals surface area contributed by atoms with E-state index in [1.807, 2.05) is 30.3 Å². The van der Waals surface area contributed by atoms with Crippen LogP contribution in [0.1, 0.15) is 0 Å². The third-order valence-electron chi connectivity index (χ3n) is 4.77. The average molecular weight is 428 g/mol. The molecule has 4 rings (SSSR count). The molecule has 0 saturated carbocycles. The molecule has 2 heterocycles. The summed E-state index contributed by atoms with van der Waals surface area (Å²) < 4.78 is 16.9. The molecule has 0 aliphatic rings. The number of nitrogens with one attached hydrogen (secondary N) is 3. The Balaban J connectivity index is 1.48. The van der Waals surface area contributed by atoms with Crippen LogP contribution in [-0.4, -0.2) is 66.4 Å². The largest absolute Gasteiger partial charge is 0.406 e. The molecular formula is C21H24N4O6. The van der Waals surface area contributed by atoms with Gasteiger partial charge in [-0.25, -0.2) is 9.59 Å². The van der Waals surface area contributed by atoms with Crippen molar-refractivity contribution in [1.29, 1.82) is 0 Å². The molecule has 2 aromatic heterocycles. The minimum absolute atomic E-state index is 0.204. The number of hydrogen-bond donors (Lipinski definition) is 3. The van der Waals surface area contributed by atoms with E-state index >= 15 is 0 Å². The van der Waals surface area contributed by atoms with Crippen LogP contribution >= 0.6 is 0 Å². The van der Waals surface area contributed by atoms with Gasteiger partial charge in [0.25, 0.3) is 0 Å². The fraction of sp³-hybridized carbons (Fsp3) is 0.333. The summed E-state index contributed by atoms with van der Waals surface area (Å²) in [5.74, 6) is 0. The maximum Gasteiger partial charge on any atom is 0.359 e. The third-order valence-corrected chi connectivity index (χ3v) is 4.77. The van der Waals surface area contributed by atoms with Gasteiger partial charge in [-0.15, -0.1) is 4.73 Å². The number of ether oxygens (including phenoxy) is 3. The molecule has 3 N–H and O–H groups in total. The minimum Gasteiger partial charge on any atom is -0.406 e. The smallest absolute Gasteiger partial charge is 0.359 e. The van der Waals surface area contributed by atoms with Gasteiger partial charge in [0.15, 0.2) is 0 Å². The highest BCUT2D eigenvalue weighted by Crippen LogP contribution is 2.30. The van der Waals surface area contributed by atoms with Crippen molar-refractivity contribution in [2.24, 2.45) is 0 Å². The summed E-state index contributed by atoms with van der Waals surface area (Å²) >= 11 is 0. The SMILES string of the molecule is COCCOCCOCCOn1c(=O)[nH]c2c(-c3cccc4[nH]c(=O)[nH]c34)cccc21. The van der Waals surface area contributed by atoms with Crippen LogP contribution in [0.25, 0.3) is 33.2 Å². The van der Waals surface area contributed by atoms with Crippen LogP contribution in [-0.2, 0) is 14.2 Å². The van der Waals surface area contributed by atoms with Crippen LogP contribution in [0.4, 0.5) is 0 Å². The Morgan fingerprint density at radius 3 is 2.23 bits per heavy atom. The lowest BCUT2D eigenvalue weighted by molar-refractivity contribution is 0.000961. The van der Waals surface area contributed by atoms with Crippen molar-refractivity contribution in [3.05, 3.63) is 57.4 Å². The normalized spacial score (nSPS) is 11.5. The quantitative estimate of drug-likeness (QED) is 0.309. The number of aromatic amines is 3. The van der Waals surface area contributed by atoms with Crippen molar-refractivity contribution < 1.29 is 19.0 Å². The van der Waals surface area contributed by atoms with Crippen molar-refractivity contribution in [2.45, 2.75) is 0 Å². The maximum absolute atomic E-state index is 12.5. The topological polar surface area (TPSA) is 123 Å². The summed E-state index contributed by atoms with van der Waals surface area (Å²) in [6.45, 7) is 2.48. The summed E-state index contributed by atoms with van der Waals surface area (Å²) in [5.41, 5.74) is 3.49. The van der Waals surface area contributed by atoms with Gasteiger partial charge < -0.3 is 34.0 Å². The van der Waals surface area contributed by atoms with Crippen LogP contribution < -0.4 is 16.2 Å². The fourth-order valence-electron chi connectivity index (χ4n) is 3.39. The zero-order chi connectivity index (χ0) is 21.6. The number of H-pyrrole nitrogens is 3. The molecular weight excluding hydrogens is 404 g/mol. The first-order chi connectivity index (χ1) is 15.2. The molecule has 0 spiro atoms. The second-order valence-corrected chi connectivity index (χ2v) is 6.78. The molecule has 0 aliphatic heterocycles. The Bertz CT molecular complexity index is 1270. The number of methoxy groups -OCH3 is 1. The van der Waals surface area contributed by atoms with Crippen molar-refractivity contribution in [3.8, 4) is 11.1 Å². The van der Waals surface area contributed by atoms with Gasteiger partial charge in [-0.05, 0) is 12.1 Å². The first-order valence-corrected chi connectivity index (χ1v) is 9.92. The summed E-state index contributed by atoms with van der Waals surface area (Å²) in [6, 6.07) is 11.1. The molecule has 164 valence electrons. The van der Waals surface area contributed by atoms with E-state index in [1.165, 1.54) is 4.73 Å². The van der Waals surface area contributed by atoms with E-state index < -0.39 is 0 Å². The van der Waals surface area contributed by atoms with Crippen LogP contribution in [0.5, 0.6) is 0 Å². The molecule has 0 bridgehead atoms. The molecule has 10 nitrogen and oxygen atoms in total. The van der Waals surface area contributed by atoms with Gasteiger partial charge >= 0.3 is 11.4 Å². The molecule has 2 aromatic carbocycles. The van der Waals surface area contributed by atoms with E-state index in [2.05, 4.69) is 15.0 Å². The number of rotatable bonds is 11. The van der Waals surface area contributed by atoms with Crippen LogP contribution in [0, 0.1) is 0 Å². The van der Waals surface area contributed by atoms with Crippen molar-refractivity contribution in [2.75, 3.05) is 46.8 Å². The predicted octanol–water partition coefficient (Wildman–Crippen LogP) is 1.27. The van der Waals surface area contributed by atoms with E-state index in [-0.39, 0.29) is 18.0 Å². The van der Waals surface area contributed by atoms with Gasteiger partial charge in [-0.1, -0.05) is 24.3 Å². The Kier molecular flexibility index (Phi) is 6.51. The molecule has 0 atom stereocenters. The molecule has 31 heavy (non-hydrogen) atoms. The van der Waals surface area contributed by atoms with Crippen LogP contribution in [0.2, 0.25) is 0 Å². The summed E-state index contributed by atoms with van der Waals surface area (Å²) in [4.78, 5) is 38.3. The van der Waals surface area contributed by atoms with E-state index in [0.29, 0.717) is 55.1 Å². The van der Waals surface area contributed by atoms with E-state index in [0.717, 1.165) is 11.1 Å². The number of nitrogens with zero attached hydrogens (tertiary/aromatic N) is 1. The second kappa shape index (κ2) is 9.65. The monoisotopic (exact) mass is 428 g/mol. The van der Waals surface area contributed by atoms with Gasteiger partial charge in [0.1, 0.15) is 12.1 Å². The minimum atomic E-state index is -0.389. The zero-order valence-electron chi connectivity index (χ0n) is 17.1. The first-order valence-electron chi connectivity index (χ1n) is 9.92. The molecule has 10 heteroatoms. The molecule has 0 saturated heterocycles. The fourth-order valence-corrected chi connectivity index (χ4v) is 3.39. The molecule has 0 fully saturated rings. The van der Waals surface area contributed by atoms with Gasteiger partial charge in [0, 0.05) is 18.2 Å². The van der Waals surface area contributed by atoms with Gasteiger partial charge in [0.2, 0.25) is 0 Å². The van der Waals surface area contributed by atoms with Crippen LogP contribution in [0.15, 0.2) is 46.0 Å². The van der Waals surface area contributed by atoms with E-state index in [1.54, 1.807) is 13.2 Å². The molecule has 0 unspecified atom stereocenters. The number of aromatic nitrogens is 4. The van der Waals surface area contributed by atoms with Crippen LogP contribution in [0.3, 0.4) is 0 Å². The Labute approximate surface area is 176 Å². The number of benzene rings is 2. The Hall–Kier alpha value is -3.34. The van der Waals surface area contributed by atoms with Crippen molar-refractivity contribution in [1.82, 2.24) is 19.7 Å². The summed E-state index contributed by atoms with van der Waals surface area (Å²) in [6.07, 6.45) is 0. The lowest BCUT2D eigenvalue weighted by Gasteiger charge is -2.09. The summed E-state index contributed by atoms with van der Waals surface area (Å²) in [5, 5.41) is 0. The highest BCUT2D eigenvalue weighted by molar-refractivity contribution is 6.00.